The number of anilines is 1. The van der Waals surface area contributed by atoms with Crippen molar-refractivity contribution >= 4 is 16.6 Å². The third-order valence-electron chi connectivity index (χ3n) is 5.30. The minimum Gasteiger partial charge on any atom is -0.494 e. The van der Waals surface area contributed by atoms with E-state index in [1.807, 2.05) is 6.07 Å². The fraction of sp³-hybridized carbons (Fsp3) is 0.318. The average Bonchev–Trinajstić information content (AvgIpc) is 2.74. The maximum absolute atomic E-state index is 13.2. The molecule has 1 aliphatic heterocycles. The number of benzene rings is 2. The molecule has 4 rings (SSSR count). The summed E-state index contributed by atoms with van der Waals surface area (Å²) in [6, 6.07) is 12.5. The summed E-state index contributed by atoms with van der Waals surface area (Å²) < 4.78 is 57.8. The van der Waals surface area contributed by atoms with Gasteiger partial charge in [0.25, 0.3) is 0 Å². The lowest BCUT2D eigenvalue weighted by Gasteiger charge is -2.36. The molecule has 0 amide bonds. The van der Waals surface area contributed by atoms with Crippen molar-refractivity contribution in [2.75, 3.05) is 31.6 Å². The number of ether oxygens (including phenoxy) is 1. The number of piperazine rings is 1. The number of halogens is 4. The summed E-state index contributed by atoms with van der Waals surface area (Å²) in [5.74, 6) is 0.0326. The molecule has 1 unspecified atom stereocenters. The van der Waals surface area contributed by atoms with E-state index in [-0.39, 0.29) is 17.4 Å². The van der Waals surface area contributed by atoms with E-state index in [2.05, 4.69) is 15.2 Å². The zero-order valence-corrected chi connectivity index (χ0v) is 16.3. The summed E-state index contributed by atoms with van der Waals surface area (Å²) >= 11 is 0. The van der Waals surface area contributed by atoms with Gasteiger partial charge in [-0.15, -0.1) is 0 Å². The Hall–Kier alpha value is -2.87. The van der Waals surface area contributed by atoms with Gasteiger partial charge in [0.1, 0.15) is 22.8 Å². The number of hydrogen-bond donors (Lipinski definition) is 1. The number of pyridine rings is 1. The van der Waals surface area contributed by atoms with Crippen LogP contribution in [0.1, 0.15) is 11.3 Å². The molecule has 3 aromatic rings. The van der Waals surface area contributed by atoms with Crippen LogP contribution < -0.4 is 15.0 Å². The van der Waals surface area contributed by atoms with E-state index >= 15 is 0 Å². The lowest BCUT2D eigenvalue weighted by Crippen LogP contribution is -2.51. The molecule has 0 radical (unpaired) electrons. The van der Waals surface area contributed by atoms with Gasteiger partial charge < -0.3 is 15.0 Å². The summed E-state index contributed by atoms with van der Waals surface area (Å²) in [6.45, 7) is 2.11. The van der Waals surface area contributed by atoms with Crippen LogP contribution in [0.15, 0.2) is 48.5 Å². The van der Waals surface area contributed by atoms with Gasteiger partial charge in [0.2, 0.25) is 0 Å². The van der Waals surface area contributed by atoms with E-state index < -0.39 is 11.9 Å². The van der Waals surface area contributed by atoms with Crippen molar-refractivity contribution in [2.24, 2.45) is 0 Å². The standard InChI is InChI=1S/C22H21F4N3O/c1-30-19-8-7-18(17-6-9-20(22(24,25)26)28-21(17)19)29-11-10-27-16(13-29)12-14-2-4-15(23)5-3-14/h2-9,16,27H,10-13H2,1H3. The molecule has 0 bridgehead atoms. The van der Waals surface area contributed by atoms with E-state index in [4.69, 9.17) is 4.74 Å². The van der Waals surface area contributed by atoms with Crippen LogP contribution in [0.25, 0.3) is 10.9 Å². The first-order valence-electron chi connectivity index (χ1n) is 9.63. The fourth-order valence-corrected chi connectivity index (χ4v) is 3.86. The molecule has 158 valence electrons. The van der Waals surface area contributed by atoms with E-state index in [9.17, 15) is 17.6 Å². The average molecular weight is 419 g/mol. The highest BCUT2D eigenvalue weighted by Gasteiger charge is 2.33. The molecule has 0 saturated carbocycles. The maximum atomic E-state index is 13.2. The van der Waals surface area contributed by atoms with Gasteiger partial charge in [-0.25, -0.2) is 9.37 Å². The van der Waals surface area contributed by atoms with E-state index in [1.165, 1.54) is 25.3 Å². The summed E-state index contributed by atoms with van der Waals surface area (Å²) in [7, 11) is 1.42. The first kappa shape index (κ1) is 20.4. The molecule has 8 heteroatoms. The summed E-state index contributed by atoms with van der Waals surface area (Å²) in [5.41, 5.74) is 1.09. The number of hydrogen-bond acceptors (Lipinski definition) is 4. The first-order chi connectivity index (χ1) is 14.3. The molecule has 30 heavy (non-hydrogen) atoms. The monoisotopic (exact) mass is 419 g/mol. The SMILES string of the molecule is COc1ccc(N2CCNC(Cc3ccc(F)cc3)C2)c2ccc(C(F)(F)F)nc12. The molecule has 1 aromatic heterocycles. The summed E-state index contributed by atoms with van der Waals surface area (Å²) in [5, 5.41) is 4.07. The predicted octanol–water partition coefficient (Wildman–Crippen LogP) is 4.42. The Bertz CT molecular complexity index is 1040. The Morgan fingerprint density at radius 2 is 1.87 bits per heavy atom. The van der Waals surface area contributed by atoms with Crippen molar-refractivity contribution in [3.05, 3.63) is 65.6 Å². The van der Waals surface area contributed by atoms with Crippen molar-refractivity contribution in [1.82, 2.24) is 10.3 Å². The van der Waals surface area contributed by atoms with Crippen LogP contribution >= 0.6 is 0 Å². The minimum atomic E-state index is -4.52. The normalized spacial score (nSPS) is 17.4. The summed E-state index contributed by atoms with van der Waals surface area (Å²) in [4.78, 5) is 5.98. The Morgan fingerprint density at radius 1 is 1.10 bits per heavy atom. The number of methoxy groups -OCH3 is 1. The molecule has 1 N–H and O–H groups in total. The molecule has 0 aliphatic carbocycles. The van der Waals surface area contributed by atoms with Gasteiger partial charge in [0.05, 0.1) is 7.11 Å². The van der Waals surface area contributed by atoms with Crippen LogP contribution in [0.2, 0.25) is 0 Å². The zero-order chi connectivity index (χ0) is 21.3. The third kappa shape index (κ3) is 4.18. The lowest BCUT2D eigenvalue weighted by molar-refractivity contribution is -0.140. The molecule has 1 saturated heterocycles. The van der Waals surface area contributed by atoms with E-state index in [1.54, 1.807) is 18.2 Å². The van der Waals surface area contributed by atoms with Crippen LogP contribution in [0.3, 0.4) is 0 Å². The number of nitrogens with one attached hydrogen (secondary N) is 1. The first-order valence-corrected chi connectivity index (χ1v) is 9.63. The van der Waals surface area contributed by atoms with Crippen molar-refractivity contribution in [2.45, 2.75) is 18.6 Å². The second kappa shape index (κ2) is 8.10. The number of nitrogens with zero attached hydrogens (tertiary/aromatic N) is 2. The van der Waals surface area contributed by atoms with E-state index in [0.29, 0.717) is 24.2 Å². The van der Waals surface area contributed by atoms with Gasteiger partial charge in [0.15, 0.2) is 0 Å². The number of aromatic nitrogens is 1. The van der Waals surface area contributed by atoms with Gasteiger partial charge in [0, 0.05) is 36.7 Å². The van der Waals surface area contributed by atoms with Gasteiger partial charge in [-0.2, -0.15) is 13.2 Å². The predicted molar refractivity (Wildman–Crippen MR) is 107 cm³/mol. The fourth-order valence-electron chi connectivity index (χ4n) is 3.86. The Labute approximate surface area is 171 Å². The second-order valence-electron chi connectivity index (χ2n) is 7.31. The zero-order valence-electron chi connectivity index (χ0n) is 16.3. The summed E-state index contributed by atoms with van der Waals surface area (Å²) in [6.07, 6.45) is -3.80. The minimum absolute atomic E-state index is 0.128. The molecular weight excluding hydrogens is 398 g/mol. The molecule has 1 aliphatic rings. The maximum Gasteiger partial charge on any atom is 0.433 e. The molecule has 1 atom stereocenters. The topological polar surface area (TPSA) is 37.4 Å². The quantitative estimate of drug-likeness (QED) is 0.636. The van der Waals surface area contributed by atoms with Crippen LogP contribution in [0, 0.1) is 5.82 Å². The largest absolute Gasteiger partial charge is 0.494 e. The van der Waals surface area contributed by atoms with Crippen LogP contribution in [0.4, 0.5) is 23.2 Å². The Kier molecular flexibility index (Phi) is 5.51. The van der Waals surface area contributed by atoms with Gasteiger partial charge in [-0.05, 0) is 48.4 Å². The molecule has 1 fully saturated rings. The van der Waals surface area contributed by atoms with Crippen LogP contribution in [-0.2, 0) is 12.6 Å². The molecule has 2 aromatic carbocycles. The van der Waals surface area contributed by atoms with Crippen LogP contribution in [0.5, 0.6) is 5.75 Å². The number of alkyl halides is 3. The third-order valence-corrected chi connectivity index (χ3v) is 5.30. The van der Waals surface area contributed by atoms with Crippen molar-refractivity contribution in [1.29, 1.82) is 0 Å². The molecule has 4 nitrogen and oxygen atoms in total. The van der Waals surface area contributed by atoms with Crippen molar-refractivity contribution in [3.8, 4) is 5.75 Å². The number of fused-ring (bicyclic) bond motifs is 1. The van der Waals surface area contributed by atoms with Crippen molar-refractivity contribution in [3.63, 3.8) is 0 Å². The Morgan fingerprint density at radius 3 is 2.57 bits per heavy atom. The molecule has 0 spiro atoms. The highest BCUT2D eigenvalue weighted by Crippen LogP contribution is 2.36. The molecule has 2 heterocycles. The smallest absolute Gasteiger partial charge is 0.433 e. The molecular formula is C22H21F4N3O. The lowest BCUT2D eigenvalue weighted by atomic mass is 10.0. The van der Waals surface area contributed by atoms with Gasteiger partial charge in [-0.1, -0.05) is 12.1 Å². The highest BCUT2D eigenvalue weighted by molar-refractivity contribution is 5.96. The van der Waals surface area contributed by atoms with E-state index in [0.717, 1.165) is 30.3 Å². The highest BCUT2D eigenvalue weighted by atomic mass is 19.4. The van der Waals surface area contributed by atoms with Gasteiger partial charge in [-0.3, -0.25) is 0 Å². The second-order valence-corrected chi connectivity index (χ2v) is 7.31. The van der Waals surface area contributed by atoms with Crippen molar-refractivity contribution < 1.29 is 22.3 Å². The number of rotatable bonds is 4. The van der Waals surface area contributed by atoms with Gasteiger partial charge >= 0.3 is 6.18 Å². The van der Waals surface area contributed by atoms with Crippen LogP contribution in [-0.4, -0.2) is 37.8 Å². The Balaban J connectivity index is 1.64.